The molecule has 1 saturated heterocycles. The van der Waals surface area contributed by atoms with E-state index in [0.717, 1.165) is 5.69 Å². The van der Waals surface area contributed by atoms with Gasteiger partial charge in [0.25, 0.3) is 5.91 Å². The summed E-state index contributed by atoms with van der Waals surface area (Å²) in [4.78, 5) is 16.3. The number of carbonyl (C=O) groups is 1. The monoisotopic (exact) mass is 413 g/mol. The first kappa shape index (κ1) is 19.0. The topological polar surface area (TPSA) is 83.7 Å². The fourth-order valence-corrected chi connectivity index (χ4v) is 4.13. The number of hydrogen-bond acceptors (Lipinski definition) is 4. The van der Waals surface area contributed by atoms with Crippen LogP contribution in [0.4, 0.5) is 5.69 Å². The molecule has 2 aromatic carbocycles. The van der Waals surface area contributed by atoms with Gasteiger partial charge < -0.3 is 9.80 Å². The number of anilines is 1. The molecule has 0 saturated carbocycles. The summed E-state index contributed by atoms with van der Waals surface area (Å²) in [5.74, 6) is -0.252. The molecule has 1 amide bonds. The van der Waals surface area contributed by atoms with Gasteiger partial charge in [0.05, 0.1) is 5.02 Å². The van der Waals surface area contributed by atoms with Crippen molar-refractivity contribution in [1.29, 1.82) is 0 Å². The Labute approximate surface area is 162 Å². The molecule has 9 heteroatoms. The highest BCUT2D eigenvalue weighted by Gasteiger charge is 2.24. The number of benzene rings is 2. The van der Waals surface area contributed by atoms with Crippen LogP contribution in [0.15, 0.2) is 47.4 Å². The van der Waals surface area contributed by atoms with E-state index < -0.39 is 10.0 Å². The number of halogens is 2. The maximum atomic E-state index is 12.7. The normalized spacial score (nSPS) is 15.2. The van der Waals surface area contributed by atoms with Crippen LogP contribution in [0.2, 0.25) is 10.0 Å². The van der Waals surface area contributed by atoms with Crippen molar-refractivity contribution in [1.82, 2.24) is 4.90 Å². The van der Waals surface area contributed by atoms with E-state index in [2.05, 4.69) is 4.90 Å². The fraction of sp³-hybridized carbons (Fsp3) is 0.235. The minimum Gasteiger partial charge on any atom is -0.368 e. The smallest absolute Gasteiger partial charge is 0.254 e. The molecule has 2 N–H and O–H groups in total. The van der Waals surface area contributed by atoms with E-state index in [1.165, 1.54) is 18.2 Å². The van der Waals surface area contributed by atoms with E-state index in [4.69, 9.17) is 28.3 Å². The Bertz CT molecular complexity index is 942. The molecule has 1 aliphatic heterocycles. The highest BCUT2D eigenvalue weighted by Crippen LogP contribution is 2.24. The molecule has 0 bridgehead atoms. The standard InChI is InChI=1S/C17H17Cl2N3O3S/c18-13-2-1-3-14(11-13)21-6-8-22(9-7-21)17(23)12-4-5-15(19)16(10-12)26(20,24)25/h1-5,10-11H,6-9H2,(H2,20,24,25). The second kappa shape index (κ2) is 7.44. The van der Waals surface area contributed by atoms with Gasteiger partial charge in [-0.05, 0) is 36.4 Å². The molecule has 6 nitrogen and oxygen atoms in total. The van der Waals surface area contributed by atoms with Gasteiger partial charge in [-0.2, -0.15) is 0 Å². The summed E-state index contributed by atoms with van der Waals surface area (Å²) in [6, 6.07) is 11.7. The quantitative estimate of drug-likeness (QED) is 0.837. The van der Waals surface area contributed by atoms with Gasteiger partial charge in [0.1, 0.15) is 4.90 Å². The van der Waals surface area contributed by atoms with Crippen LogP contribution in [0, 0.1) is 0 Å². The molecule has 0 spiro atoms. The number of nitrogens with zero attached hydrogens (tertiary/aromatic N) is 2. The SMILES string of the molecule is NS(=O)(=O)c1cc(C(=O)N2CCN(c3cccc(Cl)c3)CC2)ccc1Cl. The van der Waals surface area contributed by atoms with Crippen molar-refractivity contribution < 1.29 is 13.2 Å². The van der Waals surface area contributed by atoms with Crippen LogP contribution >= 0.6 is 23.2 Å². The predicted octanol–water partition coefficient (Wildman–Crippen LogP) is 2.60. The number of carbonyl (C=O) groups excluding carboxylic acids is 1. The lowest BCUT2D eigenvalue weighted by Crippen LogP contribution is -2.48. The zero-order chi connectivity index (χ0) is 18.9. The molecule has 2 aromatic rings. The Morgan fingerprint density at radius 1 is 1.00 bits per heavy atom. The van der Waals surface area contributed by atoms with Gasteiger partial charge in [0.15, 0.2) is 0 Å². The molecule has 26 heavy (non-hydrogen) atoms. The summed E-state index contributed by atoms with van der Waals surface area (Å²) in [6.45, 7) is 2.33. The number of primary sulfonamides is 1. The lowest BCUT2D eigenvalue weighted by Gasteiger charge is -2.36. The molecule has 1 heterocycles. The van der Waals surface area contributed by atoms with Crippen LogP contribution in [0.3, 0.4) is 0 Å². The van der Waals surface area contributed by atoms with Crippen molar-refractivity contribution in [2.24, 2.45) is 5.14 Å². The third-order valence-corrected chi connectivity index (χ3v) is 5.85. The van der Waals surface area contributed by atoms with E-state index in [-0.39, 0.29) is 21.4 Å². The maximum Gasteiger partial charge on any atom is 0.254 e. The van der Waals surface area contributed by atoms with Crippen molar-refractivity contribution in [3.63, 3.8) is 0 Å². The molecule has 3 rings (SSSR count). The fourth-order valence-electron chi connectivity index (χ4n) is 2.88. The summed E-state index contributed by atoms with van der Waals surface area (Å²) in [5, 5.41) is 5.81. The molecule has 1 fully saturated rings. The summed E-state index contributed by atoms with van der Waals surface area (Å²) in [6.07, 6.45) is 0. The van der Waals surface area contributed by atoms with Gasteiger partial charge in [-0.25, -0.2) is 13.6 Å². The average molecular weight is 414 g/mol. The van der Waals surface area contributed by atoms with Crippen molar-refractivity contribution in [3.8, 4) is 0 Å². The van der Waals surface area contributed by atoms with E-state index in [0.29, 0.717) is 31.2 Å². The van der Waals surface area contributed by atoms with Gasteiger partial charge in [0, 0.05) is 42.5 Å². The van der Waals surface area contributed by atoms with Crippen LogP contribution in [0.5, 0.6) is 0 Å². The lowest BCUT2D eigenvalue weighted by atomic mass is 10.1. The molecular formula is C17H17Cl2N3O3S. The zero-order valence-electron chi connectivity index (χ0n) is 13.7. The van der Waals surface area contributed by atoms with Crippen molar-refractivity contribution >= 4 is 44.8 Å². The summed E-state index contributed by atoms with van der Waals surface area (Å²) < 4.78 is 23.2. The summed E-state index contributed by atoms with van der Waals surface area (Å²) >= 11 is 11.9. The lowest BCUT2D eigenvalue weighted by molar-refractivity contribution is 0.0746. The maximum absolute atomic E-state index is 12.7. The van der Waals surface area contributed by atoms with E-state index in [1.807, 2.05) is 24.3 Å². The summed E-state index contributed by atoms with van der Waals surface area (Å²) in [7, 11) is -3.99. The van der Waals surface area contributed by atoms with Gasteiger partial charge in [0.2, 0.25) is 10.0 Å². The van der Waals surface area contributed by atoms with E-state index in [9.17, 15) is 13.2 Å². The number of rotatable bonds is 3. The highest BCUT2D eigenvalue weighted by molar-refractivity contribution is 7.89. The van der Waals surface area contributed by atoms with E-state index in [1.54, 1.807) is 4.90 Å². The van der Waals surface area contributed by atoms with Crippen molar-refractivity contribution in [3.05, 3.63) is 58.1 Å². The molecule has 0 radical (unpaired) electrons. The molecule has 1 aliphatic rings. The molecule has 0 aliphatic carbocycles. The number of piperazine rings is 1. The number of hydrogen-bond donors (Lipinski definition) is 1. The van der Waals surface area contributed by atoms with Gasteiger partial charge in [-0.3, -0.25) is 4.79 Å². The number of sulfonamides is 1. The molecular weight excluding hydrogens is 397 g/mol. The first-order valence-electron chi connectivity index (χ1n) is 7.88. The van der Waals surface area contributed by atoms with Gasteiger partial charge in [-0.1, -0.05) is 29.3 Å². The molecule has 0 unspecified atom stereocenters. The van der Waals surface area contributed by atoms with E-state index >= 15 is 0 Å². The van der Waals surface area contributed by atoms with Crippen LogP contribution in [0.1, 0.15) is 10.4 Å². The van der Waals surface area contributed by atoms with Crippen molar-refractivity contribution in [2.75, 3.05) is 31.1 Å². The Morgan fingerprint density at radius 2 is 1.69 bits per heavy atom. The Hall–Kier alpha value is -1.80. The van der Waals surface area contributed by atoms with Crippen LogP contribution in [-0.2, 0) is 10.0 Å². The van der Waals surface area contributed by atoms with Crippen LogP contribution in [0.25, 0.3) is 0 Å². The number of nitrogens with two attached hydrogens (primary N) is 1. The second-order valence-corrected chi connectivity index (χ2v) is 8.32. The third kappa shape index (κ3) is 4.12. The average Bonchev–Trinajstić information content (AvgIpc) is 2.61. The van der Waals surface area contributed by atoms with Crippen LogP contribution in [-0.4, -0.2) is 45.4 Å². The van der Waals surface area contributed by atoms with Gasteiger partial charge in [-0.15, -0.1) is 0 Å². The second-order valence-electron chi connectivity index (χ2n) is 5.95. The molecule has 0 atom stereocenters. The van der Waals surface area contributed by atoms with Crippen LogP contribution < -0.4 is 10.0 Å². The molecule has 138 valence electrons. The zero-order valence-corrected chi connectivity index (χ0v) is 16.1. The first-order valence-corrected chi connectivity index (χ1v) is 10.2. The first-order chi connectivity index (χ1) is 12.3. The molecule has 0 aromatic heterocycles. The highest BCUT2D eigenvalue weighted by atomic mass is 35.5. The van der Waals surface area contributed by atoms with Gasteiger partial charge >= 0.3 is 0 Å². The third-order valence-electron chi connectivity index (χ3n) is 4.22. The Morgan fingerprint density at radius 3 is 2.31 bits per heavy atom. The predicted molar refractivity (Wildman–Crippen MR) is 102 cm³/mol. The Balaban J connectivity index is 1.73. The summed E-state index contributed by atoms with van der Waals surface area (Å²) in [5.41, 5.74) is 1.25. The number of amides is 1. The minimum absolute atomic E-state index is 0.00479. The largest absolute Gasteiger partial charge is 0.368 e. The van der Waals surface area contributed by atoms with Crippen molar-refractivity contribution in [2.45, 2.75) is 4.90 Å². The Kier molecular flexibility index (Phi) is 5.43. The minimum atomic E-state index is -3.99.